The van der Waals surface area contributed by atoms with Crippen molar-refractivity contribution in [1.29, 1.82) is 0 Å². The molecule has 1 amide bonds. The summed E-state index contributed by atoms with van der Waals surface area (Å²) >= 11 is 1.44. The molecule has 0 unspecified atom stereocenters. The Hall–Kier alpha value is -2.47. The van der Waals surface area contributed by atoms with Crippen LogP contribution in [-0.4, -0.2) is 20.3 Å². The van der Waals surface area contributed by atoms with E-state index in [9.17, 15) is 4.79 Å². The second-order valence-corrected chi connectivity index (χ2v) is 5.88. The first kappa shape index (κ1) is 14.5. The third-order valence-corrected chi connectivity index (χ3v) is 4.31. The van der Waals surface area contributed by atoms with Gasteiger partial charge in [-0.3, -0.25) is 4.79 Å². The Morgan fingerprint density at radius 3 is 2.59 bits per heavy atom. The van der Waals surface area contributed by atoms with E-state index >= 15 is 0 Å². The molecule has 3 rings (SSSR count). The van der Waals surface area contributed by atoms with E-state index in [-0.39, 0.29) is 5.91 Å². The zero-order valence-electron chi connectivity index (χ0n) is 12.6. The van der Waals surface area contributed by atoms with Crippen molar-refractivity contribution < 1.29 is 4.79 Å². The Labute approximate surface area is 132 Å². The van der Waals surface area contributed by atoms with Gasteiger partial charge in [-0.05, 0) is 26.0 Å². The SMILES string of the molecule is Cc1nn(-c2ccccc2)c(C)c1C(=O)N=c1sccn1C. The van der Waals surface area contributed by atoms with E-state index in [0.29, 0.717) is 16.1 Å². The molecule has 0 aliphatic heterocycles. The van der Waals surface area contributed by atoms with Crippen LogP contribution in [0.3, 0.4) is 0 Å². The molecule has 112 valence electrons. The zero-order valence-corrected chi connectivity index (χ0v) is 13.5. The zero-order chi connectivity index (χ0) is 15.7. The number of hydrogen-bond acceptors (Lipinski definition) is 3. The molecular weight excluding hydrogens is 296 g/mol. The van der Waals surface area contributed by atoms with Crippen molar-refractivity contribution >= 4 is 17.2 Å². The van der Waals surface area contributed by atoms with Crippen LogP contribution in [0.2, 0.25) is 0 Å². The normalized spacial score (nSPS) is 11.9. The van der Waals surface area contributed by atoms with Crippen molar-refractivity contribution in [3.05, 3.63) is 63.7 Å². The Morgan fingerprint density at radius 2 is 1.95 bits per heavy atom. The summed E-state index contributed by atoms with van der Waals surface area (Å²) in [5.41, 5.74) is 2.99. The summed E-state index contributed by atoms with van der Waals surface area (Å²) in [6.07, 6.45) is 1.88. The molecule has 5 nitrogen and oxygen atoms in total. The van der Waals surface area contributed by atoms with Crippen LogP contribution in [-0.2, 0) is 7.05 Å². The fraction of sp³-hybridized carbons (Fsp3) is 0.188. The van der Waals surface area contributed by atoms with Crippen LogP contribution < -0.4 is 4.80 Å². The van der Waals surface area contributed by atoms with Gasteiger partial charge in [-0.15, -0.1) is 11.3 Å². The largest absolute Gasteiger partial charge is 0.327 e. The molecule has 0 aliphatic carbocycles. The van der Waals surface area contributed by atoms with Crippen LogP contribution in [0.5, 0.6) is 0 Å². The summed E-state index contributed by atoms with van der Waals surface area (Å²) in [4.78, 5) is 17.4. The predicted octanol–water partition coefficient (Wildman–Crippen LogP) is 2.63. The number of thiazole rings is 1. The lowest BCUT2D eigenvalue weighted by Crippen LogP contribution is -2.13. The Balaban J connectivity index is 2.08. The van der Waals surface area contributed by atoms with Gasteiger partial charge in [-0.25, -0.2) is 4.68 Å². The molecule has 0 aliphatic rings. The van der Waals surface area contributed by atoms with Gasteiger partial charge in [0.05, 0.1) is 22.6 Å². The van der Waals surface area contributed by atoms with Crippen LogP contribution >= 0.6 is 11.3 Å². The van der Waals surface area contributed by atoms with E-state index in [1.165, 1.54) is 11.3 Å². The third-order valence-electron chi connectivity index (χ3n) is 3.46. The molecular formula is C16H16N4OS. The van der Waals surface area contributed by atoms with E-state index in [1.807, 2.05) is 67.4 Å². The van der Waals surface area contributed by atoms with Crippen LogP contribution in [0.15, 0.2) is 46.9 Å². The number of benzene rings is 1. The summed E-state index contributed by atoms with van der Waals surface area (Å²) in [7, 11) is 1.87. The summed E-state index contributed by atoms with van der Waals surface area (Å²) in [6.45, 7) is 3.73. The average molecular weight is 312 g/mol. The van der Waals surface area contributed by atoms with Gasteiger partial charge in [0.1, 0.15) is 0 Å². The number of aromatic nitrogens is 3. The van der Waals surface area contributed by atoms with Gasteiger partial charge < -0.3 is 4.57 Å². The monoisotopic (exact) mass is 312 g/mol. The van der Waals surface area contributed by atoms with Gasteiger partial charge in [0.2, 0.25) is 0 Å². The number of aryl methyl sites for hydroxylation is 2. The molecule has 0 bridgehead atoms. The van der Waals surface area contributed by atoms with Crippen molar-refractivity contribution in [2.24, 2.45) is 12.0 Å². The highest BCUT2D eigenvalue weighted by molar-refractivity contribution is 7.07. The number of amides is 1. The molecule has 6 heteroatoms. The molecule has 0 fully saturated rings. The number of carbonyl (C=O) groups excluding carboxylic acids is 1. The first-order chi connectivity index (χ1) is 10.6. The van der Waals surface area contributed by atoms with E-state index in [1.54, 1.807) is 4.68 Å². The summed E-state index contributed by atoms with van der Waals surface area (Å²) in [6, 6.07) is 9.77. The highest BCUT2D eigenvalue weighted by atomic mass is 32.1. The second kappa shape index (κ2) is 5.73. The summed E-state index contributed by atoms with van der Waals surface area (Å²) in [5.74, 6) is -0.254. The maximum atomic E-state index is 12.5. The number of rotatable bonds is 2. The van der Waals surface area contributed by atoms with Crippen LogP contribution in [0, 0.1) is 13.8 Å². The molecule has 0 radical (unpaired) electrons. The topological polar surface area (TPSA) is 52.2 Å². The molecule has 2 aromatic heterocycles. The van der Waals surface area contributed by atoms with Gasteiger partial charge in [-0.2, -0.15) is 10.1 Å². The minimum atomic E-state index is -0.254. The van der Waals surface area contributed by atoms with Gasteiger partial charge >= 0.3 is 0 Å². The molecule has 1 aromatic carbocycles. The maximum absolute atomic E-state index is 12.5. The lowest BCUT2D eigenvalue weighted by atomic mass is 10.2. The van der Waals surface area contributed by atoms with Crippen molar-refractivity contribution in [3.8, 4) is 5.69 Å². The highest BCUT2D eigenvalue weighted by Crippen LogP contribution is 2.18. The lowest BCUT2D eigenvalue weighted by Gasteiger charge is -2.03. The Bertz CT molecular complexity index is 887. The molecule has 2 heterocycles. The quantitative estimate of drug-likeness (QED) is 0.730. The van der Waals surface area contributed by atoms with Gasteiger partial charge in [0.25, 0.3) is 5.91 Å². The van der Waals surface area contributed by atoms with E-state index in [0.717, 1.165) is 11.4 Å². The minimum absolute atomic E-state index is 0.254. The van der Waals surface area contributed by atoms with Gasteiger partial charge in [0, 0.05) is 18.6 Å². The first-order valence-electron chi connectivity index (χ1n) is 6.89. The molecule has 22 heavy (non-hydrogen) atoms. The molecule has 0 spiro atoms. The number of para-hydroxylation sites is 1. The Kier molecular flexibility index (Phi) is 3.77. The number of nitrogens with zero attached hydrogens (tertiary/aromatic N) is 4. The third kappa shape index (κ3) is 2.53. The molecule has 0 saturated carbocycles. The highest BCUT2D eigenvalue weighted by Gasteiger charge is 2.19. The fourth-order valence-electron chi connectivity index (χ4n) is 2.35. The van der Waals surface area contributed by atoms with Crippen molar-refractivity contribution in [2.45, 2.75) is 13.8 Å². The first-order valence-corrected chi connectivity index (χ1v) is 7.76. The van der Waals surface area contributed by atoms with Crippen LogP contribution in [0.1, 0.15) is 21.7 Å². The van der Waals surface area contributed by atoms with Crippen molar-refractivity contribution in [2.75, 3.05) is 0 Å². The fourth-order valence-corrected chi connectivity index (χ4v) is 3.08. The smallest absolute Gasteiger partial charge is 0.283 e. The van der Waals surface area contributed by atoms with Gasteiger partial charge in [-0.1, -0.05) is 18.2 Å². The lowest BCUT2D eigenvalue weighted by molar-refractivity contribution is 0.0996. The summed E-state index contributed by atoms with van der Waals surface area (Å²) < 4.78 is 3.61. The standard InChI is InChI=1S/C16H16N4OS/c1-11-14(15(21)17-16-19(3)9-10-22-16)12(2)20(18-11)13-7-5-4-6-8-13/h4-10H,1-3H3. The molecule has 0 N–H and O–H groups in total. The van der Waals surface area contributed by atoms with Crippen molar-refractivity contribution in [3.63, 3.8) is 0 Å². The second-order valence-electron chi connectivity index (χ2n) is 5.01. The molecule has 0 saturated heterocycles. The molecule has 0 atom stereocenters. The number of hydrogen-bond donors (Lipinski definition) is 0. The number of carbonyl (C=O) groups is 1. The van der Waals surface area contributed by atoms with E-state index < -0.39 is 0 Å². The minimum Gasteiger partial charge on any atom is -0.327 e. The molecule has 3 aromatic rings. The van der Waals surface area contributed by atoms with Gasteiger partial charge in [0.15, 0.2) is 4.80 Å². The average Bonchev–Trinajstić information content (AvgIpc) is 3.03. The van der Waals surface area contributed by atoms with E-state index in [4.69, 9.17) is 0 Å². The van der Waals surface area contributed by atoms with Crippen LogP contribution in [0.4, 0.5) is 0 Å². The Morgan fingerprint density at radius 1 is 1.23 bits per heavy atom. The maximum Gasteiger partial charge on any atom is 0.283 e. The predicted molar refractivity (Wildman–Crippen MR) is 86.2 cm³/mol. The van der Waals surface area contributed by atoms with Crippen LogP contribution in [0.25, 0.3) is 5.69 Å². The van der Waals surface area contributed by atoms with Crippen molar-refractivity contribution in [1.82, 2.24) is 14.3 Å². The summed E-state index contributed by atoms with van der Waals surface area (Å²) in [5, 5.41) is 6.39. The van der Waals surface area contributed by atoms with E-state index in [2.05, 4.69) is 10.1 Å².